The number of rotatable bonds is 5. The first-order chi connectivity index (χ1) is 14.9. The molecule has 2 atom stereocenters. The lowest BCUT2D eigenvalue weighted by atomic mass is 9.77. The van der Waals surface area contributed by atoms with Crippen molar-refractivity contribution in [3.05, 3.63) is 82.1 Å². The monoisotopic (exact) mass is 485 g/mol. The molecule has 0 saturated heterocycles. The summed E-state index contributed by atoms with van der Waals surface area (Å²) in [6.07, 6.45) is -5.39. The van der Waals surface area contributed by atoms with Crippen molar-refractivity contribution in [2.24, 2.45) is 0 Å². The van der Waals surface area contributed by atoms with Gasteiger partial charge in [0, 0.05) is 17.1 Å². The summed E-state index contributed by atoms with van der Waals surface area (Å²) in [4.78, 5) is 14.3. The molecule has 0 radical (unpaired) electrons. The SMILES string of the molecule is CC(c1ccc(-c2ccc(OC(=O)O)cc2)cc1Cl)C(O)(c1ccnc(Cl)c1)C(F)(F)F. The first-order valence-electron chi connectivity index (χ1n) is 9.15. The van der Waals surface area contributed by atoms with Gasteiger partial charge in [0.05, 0.1) is 0 Å². The molecule has 1 heterocycles. The predicted molar refractivity (Wildman–Crippen MR) is 113 cm³/mol. The fraction of sp³-hybridized carbons (Fsp3) is 0.182. The third-order valence-corrected chi connectivity index (χ3v) is 5.62. The third kappa shape index (κ3) is 4.67. The van der Waals surface area contributed by atoms with E-state index in [0.29, 0.717) is 11.1 Å². The van der Waals surface area contributed by atoms with E-state index in [9.17, 15) is 23.1 Å². The Balaban J connectivity index is 1.99. The molecule has 0 fully saturated rings. The number of halogens is 5. The number of aromatic nitrogens is 1. The molecule has 10 heteroatoms. The summed E-state index contributed by atoms with van der Waals surface area (Å²) >= 11 is 12.1. The Morgan fingerprint density at radius 3 is 2.19 bits per heavy atom. The molecule has 3 rings (SSSR count). The van der Waals surface area contributed by atoms with Crippen LogP contribution in [0.4, 0.5) is 18.0 Å². The van der Waals surface area contributed by atoms with Crippen LogP contribution in [0.15, 0.2) is 60.8 Å². The second-order valence-corrected chi connectivity index (χ2v) is 7.78. The van der Waals surface area contributed by atoms with E-state index in [0.717, 1.165) is 18.3 Å². The highest BCUT2D eigenvalue weighted by Gasteiger charge is 2.59. The number of aliphatic hydroxyl groups is 1. The summed E-state index contributed by atoms with van der Waals surface area (Å²) in [7, 11) is 0. The lowest BCUT2D eigenvalue weighted by molar-refractivity contribution is -0.274. The molecule has 0 amide bonds. The van der Waals surface area contributed by atoms with Crippen LogP contribution in [0.2, 0.25) is 10.2 Å². The number of benzene rings is 2. The van der Waals surface area contributed by atoms with Crippen molar-refractivity contribution in [1.82, 2.24) is 4.98 Å². The van der Waals surface area contributed by atoms with Crippen molar-refractivity contribution in [3.63, 3.8) is 0 Å². The minimum absolute atomic E-state index is 0.0173. The Bertz CT molecular complexity index is 1140. The molecule has 2 aromatic carbocycles. The largest absolute Gasteiger partial charge is 0.511 e. The van der Waals surface area contributed by atoms with Crippen LogP contribution in [0, 0.1) is 0 Å². The van der Waals surface area contributed by atoms with E-state index >= 15 is 0 Å². The molecular formula is C22H16Cl2F3NO4. The number of ether oxygens (including phenoxy) is 1. The minimum Gasteiger partial charge on any atom is -0.449 e. The Morgan fingerprint density at radius 1 is 1.03 bits per heavy atom. The fourth-order valence-corrected chi connectivity index (χ4v) is 3.92. The van der Waals surface area contributed by atoms with Gasteiger partial charge < -0.3 is 14.9 Å². The topological polar surface area (TPSA) is 79.7 Å². The van der Waals surface area contributed by atoms with Gasteiger partial charge in [0.2, 0.25) is 0 Å². The van der Waals surface area contributed by atoms with Crippen molar-refractivity contribution in [2.75, 3.05) is 0 Å². The number of carboxylic acid groups (broad SMARTS) is 1. The number of hydrogen-bond acceptors (Lipinski definition) is 4. The standard InChI is InChI=1S/C22H16Cl2F3NO4/c1-12(21(31,22(25,26)27)15-8-9-28-19(24)11-15)17-7-4-14(10-18(17)23)13-2-5-16(6-3-13)32-20(29)30/h2-12,31H,1H3,(H,29,30). The fourth-order valence-electron chi connectivity index (χ4n) is 3.40. The molecule has 0 bridgehead atoms. The Morgan fingerprint density at radius 2 is 1.66 bits per heavy atom. The molecule has 1 aromatic heterocycles. The molecule has 168 valence electrons. The molecule has 0 spiro atoms. The van der Waals surface area contributed by atoms with Gasteiger partial charge in [-0.2, -0.15) is 13.2 Å². The van der Waals surface area contributed by atoms with Gasteiger partial charge in [0.1, 0.15) is 10.9 Å². The molecule has 0 saturated carbocycles. The van der Waals surface area contributed by atoms with Gasteiger partial charge in [0.15, 0.2) is 5.60 Å². The highest BCUT2D eigenvalue weighted by atomic mass is 35.5. The van der Waals surface area contributed by atoms with Gasteiger partial charge in [-0.25, -0.2) is 9.78 Å². The van der Waals surface area contributed by atoms with E-state index in [4.69, 9.17) is 28.3 Å². The van der Waals surface area contributed by atoms with Crippen LogP contribution in [-0.4, -0.2) is 27.5 Å². The average Bonchev–Trinajstić information content (AvgIpc) is 2.72. The number of pyridine rings is 1. The second-order valence-electron chi connectivity index (χ2n) is 6.98. The summed E-state index contributed by atoms with van der Waals surface area (Å²) in [6.45, 7) is 1.22. The molecule has 0 aliphatic rings. The molecule has 5 nitrogen and oxygen atoms in total. The first-order valence-corrected chi connectivity index (χ1v) is 9.91. The van der Waals surface area contributed by atoms with Crippen molar-refractivity contribution < 1.29 is 32.9 Å². The molecular weight excluding hydrogens is 470 g/mol. The normalized spacial score (nSPS) is 14.5. The highest BCUT2D eigenvalue weighted by molar-refractivity contribution is 6.31. The Hall–Kier alpha value is -2.81. The highest BCUT2D eigenvalue weighted by Crippen LogP contribution is 2.50. The number of carbonyl (C=O) groups is 1. The smallest absolute Gasteiger partial charge is 0.449 e. The summed E-state index contributed by atoms with van der Waals surface area (Å²) in [5.74, 6) is -1.36. The van der Waals surface area contributed by atoms with Gasteiger partial charge in [-0.15, -0.1) is 0 Å². The maximum Gasteiger partial charge on any atom is 0.511 e. The van der Waals surface area contributed by atoms with Crippen molar-refractivity contribution in [3.8, 4) is 16.9 Å². The lowest BCUT2D eigenvalue weighted by Crippen LogP contribution is -2.46. The lowest BCUT2D eigenvalue weighted by Gasteiger charge is -2.37. The number of alkyl halides is 3. The average molecular weight is 486 g/mol. The van der Waals surface area contributed by atoms with E-state index in [2.05, 4.69) is 9.72 Å². The van der Waals surface area contributed by atoms with Crippen molar-refractivity contribution in [2.45, 2.75) is 24.6 Å². The van der Waals surface area contributed by atoms with Crippen LogP contribution in [-0.2, 0) is 5.60 Å². The van der Waals surface area contributed by atoms with Crippen molar-refractivity contribution >= 4 is 29.4 Å². The van der Waals surface area contributed by atoms with E-state index in [1.165, 1.54) is 31.2 Å². The molecule has 3 aromatic rings. The van der Waals surface area contributed by atoms with Gasteiger partial charge in [-0.3, -0.25) is 0 Å². The minimum atomic E-state index is -5.03. The zero-order valence-electron chi connectivity index (χ0n) is 16.4. The molecule has 0 aliphatic heterocycles. The van der Waals surface area contributed by atoms with Crippen LogP contribution in [0.5, 0.6) is 5.75 Å². The zero-order valence-corrected chi connectivity index (χ0v) is 17.9. The summed E-state index contributed by atoms with van der Waals surface area (Å²) in [5.41, 5.74) is -2.42. The molecule has 32 heavy (non-hydrogen) atoms. The maximum atomic E-state index is 14.1. The second kappa shape index (κ2) is 8.97. The Kier molecular flexibility index (Phi) is 6.69. The predicted octanol–water partition coefficient (Wildman–Crippen LogP) is 6.67. The van der Waals surface area contributed by atoms with Crippen LogP contribution < -0.4 is 4.74 Å². The van der Waals surface area contributed by atoms with Gasteiger partial charge in [-0.05, 0) is 52.6 Å². The van der Waals surface area contributed by atoms with Crippen LogP contribution in [0.3, 0.4) is 0 Å². The van der Waals surface area contributed by atoms with E-state index in [1.807, 2.05) is 0 Å². The zero-order chi connectivity index (χ0) is 23.7. The molecule has 2 N–H and O–H groups in total. The van der Waals surface area contributed by atoms with Gasteiger partial charge in [0.25, 0.3) is 0 Å². The van der Waals surface area contributed by atoms with Gasteiger partial charge in [-0.1, -0.05) is 54.4 Å². The van der Waals surface area contributed by atoms with E-state index in [1.54, 1.807) is 18.2 Å². The number of hydrogen-bond donors (Lipinski definition) is 2. The number of nitrogens with zero attached hydrogens (tertiary/aromatic N) is 1. The van der Waals surface area contributed by atoms with E-state index in [-0.39, 0.29) is 21.5 Å². The summed E-state index contributed by atoms with van der Waals surface area (Å²) in [6, 6.07) is 12.5. The first kappa shape index (κ1) is 23.8. The molecule has 0 aliphatic carbocycles. The quantitative estimate of drug-likeness (QED) is 0.239. The summed E-state index contributed by atoms with van der Waals surface area (Å²) in [5, 5.41) is 19.3. The molecule has 2 unspecified atom stereocenters. The van der Waals surface area contributed by atoms with Crippen LogP contribution in [0.25, 0.3) is 11.1 Å². The van der Waals surface area contributed by atoms with Crippen LogP contribution in [0.1, 0.15) is 24.0 Å². The van der Waals surface area contributed by atoms with E-state index < -0.39 is 29.4 Å². The van der Waals surface area contributed by atoms with Crippen LogP contribution >= 0.6 is 23.2 Å². The summed E-state index contributed by atoms with van der Waals surface area (Å²) < 4.78 is 46.7. The van der Waals surface area contributed by atoms with Crippen molar-refractivity contribution in [1.29, 1.82) is 0 Å². The van der Waals surface area contributed by atoms with Gasteiger partial charge >= 0.3 is 12.3 Å². The maximum absolute atomic E-state index is 14.1. The Labute approximate surface area is 191 Å². The third-order valence-electron chi connectivity index (χ3n) is 5.09.